The number of hydrogen-bond acceptors (Lipinski definition) is 1. The van der Waals surface area contributed by atoms with Crippen molar-refractivity contribution in [2.45, 2.75) is 27.7 Å². The summed E-state index contributed by atoms with van der Waals surface area (Å²) >= 11 is 0. The molecule has 1 rings (SSSR count). The van der Waals surface area contributed by atoms with Gasteiger partial charge in [-0.25, -0.2) is 0 Å². The fourth-order valence-corrected chi connectivity index (χ4v) is 1.86. The van der Waals surface area contributed by atoms with Crippen molar-refractivity contribution < 1.29 is 0 Å². The van der Waals surface area contributed by atoms with Gasteiger partial charge in [-0.15, -0.1) is 5.47 Å². The molecule has 0 saturated heterocycles. The van der Waals surface area contributed by atoms with Gasteiger partial charge in [0.25, 0.3) is 0 Å². The van der Waals surface area contributed by atoms with Crippen LogP contribution in [0, 0.1) is 11.8 Å². The van der Waals surface area contributed by atoms with Crippen LogP contribution in [-0.4, -0.2) is 14.6 Å². The van der Waals surface area contributed by atoms with Crippen molar-refractivity contribution in [2.75, 3.05) is 0 Å². The van der Waals surface area contributed by atoms with Crippen molar-refractivity contribution in [3.8, 4) is 0 Å². The highest BCUT2D eigenvalue weighted by molar-refractivity contribution is 6.22. The quantitative estimate of drug-likeness (QED) is 0.427. The first kappa shape index (κ1) is 10.3. The minimum absolute atomic E-state index is 0.379. The van der Waals surface area contributed by atoms with Gasteiger partial charge in [0.2, 0.25) is 0 Å². The molecule has 0 aromatic heterocycles. The van der Waals surface area contributed by atoms with Gasteiger partial charge in [0.1, 0.15) is 7.85 Å². The lowest BCUT2D eigenvalue weighted by molar-refractivity contribution is 0.500. The van der Waals surface area contributed by atoms with Gasteiger partial charge < -0.3 is 0 Å². The predicted octanol–water partition coefficient (Wildman–Crippen LogP) is 2.69. The van der Waals surface area contributed by atoms with E-state index in [4.69, 9.17) is 7.85 Å². The van der Waals surface area contributed by atoms with E-state index in [1.165, 1.54) is 11.1 Å². The molecule has 2 heteroatoms. The summed E-state index contributed by atoms with van der Waals surface area (Å²) in [7, 11) is 6.00. The molecule has 0 spiro atoms. The fraction of sp³-hybridized carbons (Fsp3) is 0.545. The van der Waals surface area contributed by atoms with E-state index in [9.17, 15) is 0 Å². The molecule has 1 nitrogen and oxygen atoms in total. The molecule has 0 aromatic rings. The number of nitrogens with zero attached hydrogens (tertiary/aromatic N) is 1. The second kappa shape index (κ2) is 3.53. The van der Waals surface area contributed by atoms with Crippen molar-refractivity contribution in [2.24, 2.45) is 16.8 Å². The summed E-state index contributed by atoms with van der Waals surface area (Å²) < 4.78 is 0. The summed E-state index contributed by atoms with van der Waals surface area (Å²) in [6.45, 7) is 12.0. The Bertz CT molecular complexity index is 299. The minimum Gasteiger partial charge on any atom is -0.268 e. The maximum Gasteiger partial charge on any atom is 0.108 e. The maximum absolute atomic E-state index is 6.00. The third-order valence-corrected chi connectivity index (χ3v) is 3.22. The highest BCUT2D eigenvalue weighted by Gasteiger charge is 2.25. The third-order valence-electron chi connectivity index (χ3n) is 3.22. The molecule has 0 aromatic carbocycles. The normalized spacial score (nSPS) is 29.5. The number of hydrogen-bond donors (Lipinski definition) is 0. The molecule has 13 heavy (non-hydrogen) atoms. The highest BCUT2D eigenvalue weighted by atomic mass is 14.7. The monoisotopic (exact) mass is 173 g/mol. The first-order chi connectivity index (χ1) is 6.00. The van der Waals surface area contributed by atoms with Crippen LogP contribution in [0.25, 0.3) is 0 Å². The Kier molecular flexibility index (Phi) is 2.79. The SMILES string of the molecule is [B]C1=C(C)C(C)=C(N=C)C(C)C1C. The van der Waals surface area contributed by atoms with Crippen molar-refractivity contribution in [1.82, 2.24) is 0 Å². The maximum atomic E-state index is 6.00. The van der Waals surface area contributed by atoms with Crippen LogP contribution in [0.4, 0.5) is 0 Å². The lowest BCUT2D eigenvalue weighted by Gasteiger charge is -2.30. The number of allylic oxidation sites excluding steroid dienone is 4. The summed E-state index contributed by atoms with van der Waals surface area (Å²) in [5.74, 6) is 0.769. The van der Waals surface area contributed by atoms with E-state index < -0.39 is 0 Å². The van der Waals surface area contributed by atoms with Gasteiger partial charge in [0.15, 0.2) is 0 Å². The Morgan fingerprint density at radius 1 is 1.15 bits per heavy atom. The average Bonchev–Trinajstić information content (AvgIpc) is 2.13. The fourth-order valence-electron chi connectivity index (χ4n) is 1.86. The van der Waals surface area contributed by atoms with Crippen LogP contribution in [-0.2, 0) is 0 Å². The second-order valence-corrected chi connectivity index (χ2v) is 3.83. The van der Waals surface area contributed by atoms with Gasteiger partial charge in [-0.05, 0) is 32.1 Å². The molecule has 0 N–H and O–H groups in total. The molecule has 0 bridgehead atoms. The molecule has 68 valence electrons. The van der Waals surface area contributed by atoms with Gasteiger partial charge in [0.05, 0.1) is 0 Å². The topological polar surface area (TPSA) is 12.4 Å². The van der Waals surface area contributed by atoms with E-state index in [1.807, 2.05) is 0 Å². The second-order valence-electron chi connectivity index (χ2n) is 3.83. The van der Waals surface area contributed by atoms with E-state index in [-0.39, 0.29) is 0 Å². The molecule has 2 radical (unpaired) electrons. The summed E-state index contributed by atoms with van der Waals surface area (Å²) in [6, 6.07) is 0. The standard InChI is InChI=1S/C11H16BN/c1-6-8(3)11(13-5)9(4)7(2)10(6)12/h6,8H,5H2,1-4H3. The van der Waals surface area contributed by atoms with E-state index in [0.29, 0.717) is 11.8 Å². The van der Waals surface area contributed by atoms with Crippen LogP contribution in [0.3, 0.4) is 0 Å². The minimum atomic E-state index is 0.379. The Balaban J connectivity index is 3.26. The zero-order valence-electron chi connectivity index (χ0n) is 8.89. The van der Waals surface area contributed by atoms with E-state index >= 15 is 0 Å². The van der Waals surface area contributed by atoms with Crippen molar-refractivity contribution in [1.29, 1.82) is 0 Å². The zero-order valence-corrected chi connectivity index (χ0v) is 8.89. The molecular weight excluding hydrogens is 157 g/mol. The smallest absolute Gasteiger partial charge is 0.108 e. The van der Waals surface area contributed by atoms with Crippen molar-refractivity contribution in [3.63, 3.8) is 0 Å². The molecular formula is C11H16BN. The van der Waals surface area contributed by atoms with Gasteiger partial charge in [0, 0.05) is 11.6 Å². The van der Waals surface area contributed by atoms with Crippen LogP contribution >= 0.6 is 0 Å². The Morgan fingerprint density at radius 3 is 2.15 bits per heavy atom. The number of rotatable bonds is 1. The molecule has 0 amide bonds. The molecule has 0 aliphatic heterocycles. The average molecular weight is 173 g/mol. The Morgan fingerprint density at radius 2 is 1.69 bits per heavy atom. The summed E-state index contributed by atoms with van der Waals surface area (Å²) in [5, 5.41) is 0. The van der Waals surface area contributed by atoms with Gasteiger partial charge in [-0.2, -0.15) is 0 Å². The lowest BCUT2D eigenvalue weighted by atomic mass is 9.69. The van der Waals surface area contributed by atoms with E-state index in [1.54, 1.807) is 0 Å². The molecule has 1 aliphatic rings. The Hall–Kier alpha value is -0.785. The number of aliphatic imine (C=N–C) groups is 1. The summed E-state index contributed by atoms with van der Waals surface area (Å²) in [4.78, 5) is 4.08. The molecule has 2 unspecified atom stereocenters. The molecule has 0 saturated carbocycles. The third kappa shape index (κ3) is 1.50. The van der Waals surface area contributed by atoms with Crippen LogP contribution in [0.5, 0.6) is 0 Å². The molecule has 0 heterocycles. The molecule has 2 atom stereocenters. The summed E-state index contributed by atoms with van der Waals surface area (Å²) in [5.41, 5.74) is 4.46. The van der Waals surface area contributed by atoms with E-state index in [2.05, 4.69) is 39.4 Å². The largest absolute Gasteiger partial charge is 0.268 e. The molecule has 1 aliphatic carbocycles. The van der Waals surface area contributed by atoms with Crippen LogP contribution in [0.1, 0.15) is 27.7 Å². The van der Waals surface area contributed by atoms with Gasteiger partial charge in [-0.1, -0.05) is 19.4 Å². The summed E-state index contributed by atoms with van der Waals surface area (Å²) in [6.07, 6.45) is 0. The van der Waals surface area contributed by atoms with Gasteiger partial charge in [-0.3, -0.25) is 4.99 Å². The first-order valence-corrected chi connectivity index (χ1v) is 4.64. The van der Waals surface area contributed by atoms with Gasteiger partial charge >= 0.3 is 0 Å². The first-order valence-electron chi connectivity index (χ1n) is 4.64. The highest BCUT2D eigenvalue weighted by Crippen LogP contribution is 2.37. The van der Waals surface area contributed by atoms with Crippen LogP contribution in [0.2, 0.25) is 0 Å². The van der Waals surface area contributed by atoms with Crippen LogP contribution < -0.4 is 0 Å². The molecule has 0 fully saturated rings. The van der Waals surface area contributed by atoms with Crippen molar-refractivity contribution >= 4 is 14.6 Å². The Labute approximate surface area is 82.1 Å². The zero-order chi connectivity index (χ0) is 10.2. The van der Waals surface area contributed by atoms with E-state index in [0.717, 1.165) is 11.2 Å². The van der Waals surface area contributed by atoms with Crippen molar-refractivity contribution in [3.05, 3.63) is 22.3 Å². The van der Waals surface area contributed by atoms with Crippen LogP contribution in [0.15, 0.2) is 27.3 Å². The lowest BCUT2D eigenvalue weighted by Crippen LogP contribution is -2.20. The predicted molar refractivity (Wildman–Crippen MR) is 59.0 cm³/mol.